The summed E-state index contributed by atoms with van der Waals surface area (Å²) < 4.78 is 2.11. The van der Waals surface area contributed by atoms with Crippen molar-refractivity contribution >= 4 is 5.82 Å². The fourth-order valence-corrected chi connectivity index (χ4v) is 2.53. The van der Waals surface area contributed by atoms with E-state index in [9.17, 15) is 0 Å². The van der Waals surface area contributed by atoms with Gasteiger partial charge in [0.1, 0.15) is 17.3 Å². The molecule has 0 saturated carbocycles. The van der Waals surface area contributed by atoms with Crippen molar-refractivity contribution in [2.24, 2.45) is 0 Å². The van der Waals surface area contributed by atoms with Gasteiger partial charge in [0.15, 0.2) is 0 Å². The van der Waals surface area contributed by atoms with Gasteiger partial charge in [0.05, 0.1) is 6.54 Å². The summed E-state index contributed by atoms with van der Waals surface area (Å²) in [4.78, 5) is 4.73. The second-order valence-electron chi connectivity index (χ2n) is 5.05. The Hall–Kier alpha value is -2.55. The van der Waals surface area contributed by atoms with Crippen LogP contribution in [0, 0.1) is 0 Å². The topological polar surface area (TPSA) is 43.8 Å². The monoisotopic (exact) mass is 277 g/mol. The van der Waals surface area contributed by atoms with E-state index in [1.165, 1.54) is 5.56 Å². The van der Waals surface area contributed by atoms with Gasteiger partial charge in [-0.3, -0.25) is 0 Å². The van der Waals surface area contributed by atoms with Crippen LogP contribution >= 0.6 is 0 Å². The zero-order valence-corrected chi connectivity index (χ0v) is 12.2. The first-order valence-corrected chi connectivity index (χ1v) is 7.23. The smallest absolute Gasteiger partial charge is 0.132 e. The van der Waals surface area contributed by atoms with Crippen LogP contribution in [0.4, 0.5) is 5.82 Å². The van der Waals surface area contributed by atoms with Crippen LogP contribution in [-0.2, 0) is 13.0 Å². The molecule has 1 heterocycles. The maximum absolute atomic E-state index is 6.36. The zero-order valence-electron chi connectivity index (χ0n) is 12.2. The minimum absolute atomic E-state index is 0.738. The number of nitrogens with two attached hydrogens (primary N) is 1. The number of hydrogen-bond acceptors (Lipinski definition) is 2. The maximum Gasteiger partial charge on any atom is 0.132 e. The maximum atomic E-state index is 6.36. The van der Waals surface area contributed by atoms with Crippen LogP contribution in [0.15, 0.2) is 60.7 Å². The summed E-state index contributed by atoms with van der Waals surface area (Å²) in [5, 5.41) is 0. The van der Waals surface area contributed by atoms with E-state index in [4.69, 9.17) is 10.7 Å². The summed E-state index contributed by atoms with van der Waals surface area (Å²) in [6, 6.07) is 20.5. The van der Waals surface area contributed by atoms with Gasteiger partial charge in [-0.15, -0.1) is 0 Å². The summed E-state index contributed by atoms with van der Waals surface area (Å²) in [5.74, 6) is 1.76. The zero-order chi connectivity index (χ0) is 14.7. The molecule has 3 aromatic rings. The minimum atomic E-state index is 0.738. The average Bonchev–Trinajstić information content (AvgIpc) is 2.86. The molecule has 0 aliphatic carbocycles. The minimum Gasteiger partial charge on any atom is -0.383 e. The SMILES string of the molecule is CCc1nc(-c2ccccc2)c(N)n1Cc1ccccc1. The molecule has 2 N–H and O–H groups in total. The van der Waals surface area contributed by atoms with Crippen LogP contribution in [0.3, 0.4) is 0 Å². The number of rotatable bonds is 4. The Morgan fingerprint density at radius 3 is 2.19 bits per heavy atom. The van der Waals surface area contributed by atoms with Gasteiger partial charge in [-0.05, 0) is 5.56 Å². The Morgan fingerprint density at radius 1 is 0.952 bits per heavy atom. The summed E-state index contributed by atoms with van der Waals surface area (Å²) in [5.41, 5.74) is 9.54. The van der Waals surface area contributed by atoms with Gasteiger partial charge < -0.3 is 10.3 Å². The highest BCUT2D eigenvalue weighted by molar-refractivity contribution is 5.71. The van der Waals surface area contributed by atoms with Crippen LogP contribution in [0.2, 0.25) is 0 Å². The Kier molecular flexibility index (Phi) is 3.73. The van der Waals surface area contributed by atoms with E-state index >= 15 is 0 Å². The Bertz CT molecular complexity index is 715. The fourth-order valence-electron chi connectivity index (χ4n) is 2.53. The van der Waals surface area contributed by atoms with E-state index in [2.05, 4.69) is 23.6 Å². The third-order valence-corrected chi connectivity index (χ3v) is 3.63. The predicted octanol–water partition coefficient (Wildman–Crippen LogP) is 3.74. The molecule has 0 aliphatic rings. The quantitative estimate of drug-likeness (QED) is 0.789. The highest BCUT2D eigenvalue weighted by atomic mass is 15.1. The lowest BCUT2D eigenvalue weighted by Gasteiger charge is -2.09. The number of imidazole rings is 1. The Labute approximate surface area is 125 Å². The van der Waals surface area contributed by atoms with Gasteiger partial charge >= 0.3 is 0 Å². The number of nitrogens with zero attached hydrogens (tertiary/aromatic N) is 2. The van der Waals surface area contributed by atoms with Gasteiger partial charge in [0.2, 0.25) is 0 Å². The van der Waals surface area contributed by atoms with Crippen LogP contribution in [-0.4, -0.2) is 9.55 Å². The van der Waals surface area contributed by atoms with Crippen molar-refractivity contribution in [2.75, 3.05) is 5.73 Å². The Morgan fingerprint density at radius 2 is 1.57 bits per heavy atom. The molecule has 21 heavy (non-hydrogen) atoms. The molecular formula is C18H19N3. The number of aromatic nitrogens is 2. The van der Waals surface area contributed by atoms with Crippen molar-refractivity contribution in [2.45, 2.75) is 19.9 Å². The largest absolute Gasteiger partial charge is 0.383 e. The summed E-state index contributed by atoms with van der Waals surface area (Å²) in [7, 11) is 0. The highest BCUT2D eigenvalue weighted by Gasteiger charge is 2.15. The molecular weight excluding hydrogens is 258 g/mol. The lowest BCUT2D eigenvalue weighted by molar-refractivity contribution is 0.740. The molecule has 1 aromatic heterocycles. The van der Waals surface area contributed by atoms with E-state index in [0.29, 0.717) is 0 Å². The first kappa shape index (κ1) is 13.4. The molecule has 0 radical (unpaired) electrons. The van der Waals surface area contributed by atoms with Gasteiger partial charge in [0, 0.05) is 12.0 Å². The van der Waals surface area contributed by atoms with Crippen molar-refractivity contribution in [3.05, 3.63) is 72.1 Å². The lowest BCUT2D eigenvalue weighted by atomic mass is 10.1. The van der Waals surface area contributed by atoms with Gasteiger partial charge in [0.25, 0.3) is 0 Å². The van der Waals surface area contributed by atoms with Gasteiger partial charge in [-0.25, -0.2) is 4.98 Å². The molecule has 106 valence electrons. The van der Waals surface area contributed by atoms with Crippen molar-refractivity contribution in [1.82, 2.24) is 9.55 Å². The van der Waals surface area contributed by atoms with Crippen LogP contribution in [0.5, 0.6) is 0 Å². The highest BCUT2D eigenvalue weighted by Crippen LogP contribution is 2.27. The second-order valence-corrected chi connectivity index (χ2v) is 5.05. The van der Waals surface area contributed by atoms with Gasteiger partial charge in [-0.1, -0.05) is 67.6 Å². The molecule has 0 bridgehead atoms. The lowest BCUT2D eigenvalue weighted by Crippen LogP contribution is -2.07. The fraction of sp³-hybridized carbons (Fsp3) is 0.167. The van der Waals surface area contributed by atoms with Crippen molar-refractivity contribution in [3.8, 4) is 11.3 Å². The van der Waals surface area contributed by atoms with Crippen molar-refractivity contribution in [1.29, 1.82) is 0 Å². The molecule has 0 saturated heterocycles. The number of benzene rings is 2. The number of nitrogen functional groups attached to an aromatic ring is 1. The molecule has 0 amide bonds. The molecule has 2 aromatic carbocycles. The molecule has 0 unspecified atom stereocenters. The molecule has 0 aliphatic heterocycles. The first-order valence-electron chi connectivity index (χ1n) is 7.23. The third-order valence-electron chi connectivity index (χ3n) is 3.63. The second kappa shape index (κ2) is 5.83. The molecule has 3 heteroatoms. The van der Waals surface area contributed by atoms with E-state index in [0.717, 1.165) is 35.9 Å². The number of anilines is 1. The van der Waals surface area contributed by atoms with E-state index in [1.54, 1.807) is 0 Å². The third kappa shape index (κ3) is 2.68. The summed E-state index contributed by atoms with van der Waals surface area (Å²) >= 11 is 0. The molecule has 3 nitrogen and oxygen atoms in total. The average molecular weight is 277 g/mol. The summed E-state index contributed by atoms with van der Waals surface area (Å²) in [6.45, 7) is 2.87. The van der Waals surface area contributed by atoms with Crippen LogP contribution < -0.4 is 5.73 Å². The molecule has 0 spiro atoms. The van der Waals surface area contributed by atoms with Crippen LogP contribution in [0.25, 0.3) is 11.3 Å². The predicted molar refractivity (Wildman–Crippen MR) is 87.0 cm³/mol. The molecule has 0 fully saturated rings. The van der Waals surface area contributed by atoms with Crippen LogP contribution in [0.1, 0.15) is 18.3 Å². The normalized spacial score (nSPS) is 10.7. The standard InChI is InChI=1S/C18H19N3/c1-2-16-20-17(15-11-7-4-8-12-15)18(19)21(16)13-14-9-5-3-6-10-14/h3-12H,2,13,19H2,1H3. The van der Waals surface area contributed by atoms with Gasteiger partial charge in [-0.2, -0.15) is 0 Å². The molecule has 0 atom stereocenters. The van der Waals surface area contributed by atoms with E-state index < -0.39 is 0 Å². The molecule has 3 rings (SSSR count). The summed E-state index contributed by atoms with van der Waals surface area (Å²) in [6.07, 6.45) is 0.865. The van der Waals surface area contributed by atoms with E-state index in [-0.39, 0.29) is 0 Å². The number of aryl methyl sites for hydroxylation is 1. The number of hydrogen-bond donors (Lipinski definition) is 1. The van der Waals surface area contributed by atoms with Crippen molar-refractivity contribution in [3.63, 3.8) is 0 Å². The van der Waals surface area contributed by atoms with Crippen molar-refractivity contribution < 1.29 is 0 Å². The first-order chi connectivity index (χ1) is 10.3. The van der Waals surface area contributed by atoms with E-state index in [1.807, 2.05) is 48.5 Å². The Balaban J connectivity index is 2.03.